The van der Waals surface area contributed by atoms with E-state index >= 15 is 0 Å². The zero-order valence-electron chi connectivity index (χ0n) is 18.3. The number of carbonyl (C=O) groups excluding carboxylic acids is 2. The quantitative estimate of drug-likeness (QED) is 0.440. The number of amides is 1. The molecule has 0 aliphatic rings. The van der Waals surface area contributed by atoms with Crippen LogP contribution in [0.15, 0.2) is 48.5 Å². The molecule has 8 heteroatoms. The molecule has 0 unspecified atom stereocenters. The van der Waals surface area contributed by atoms with Crippen LogP contribution < -0.4 is 11.1 Å². The number of hydrogen-bond acceptors (Lipinski definition) is 6. The zero-order chi connectivity index (χ0) is 22.8. The van der Waals surface area contributed by atoms with E-state index in [1.54, 1.807) is 28.8 Å². The van der Waals surface area contributed by atoms with E-state index in [4.69, 9.17) is 15.5 Å². The number of ether oxygens (including phenoxy) is 1. The number of esters is 1. The van der Waals surface area contributed by atoms with Gasteiger partial charge in [-0.1, -0.05) is 26.0 Å². The molecule has 2 aromatic carbocycles. The summed E-state index contributed by atoms with van der Waals surface area (Å²) in [5.74, 6) is -0.0664. The van der Waals surface area contributed by atoms with Crippen LogP contribution in [-0.4, -0.2) is 33.0 Å². The Morgan fingerprint density at radius 3 is 2.34 bits per heavy atom. The van der Waals surface area contributed by atoms with Crippen molar-refractivity contribution in [3.8, 4) is 5.69 Å². The number of para-hydroxylation sites is 2. The van der Waals surface area contributed by atoms with Crippen molar-refractivity contribution in [2.45, 2.75) is 27.2 Å². The first kappa shape index (κ1) is 21.3. The first-order valence-electron chi connectivity index (χ1n) is 10.5. The van der Waals surface area contributed by atoms with E-state index in [0.29, 0.717) is 46.1 Å². The molecular formula is C24H25N5O3. The van der Waals surface area contributed by atoms with Gasteiger partial charge in [0.25, 0.3) is 0 Å². The van der Waals surface area contributed by atoms with Crippen molar-refractivity contribution in [1.82, 2.24) is 14.5 Å². The third kappa shape index (κ3) is 4.12. The number of benzene rings is 2. The summed E-state index contributed by atoms with van der Waals surface area (Å²) in [4.78, 5) is 33.7. The summed E-state index contributed by atoms with van der Waals surface area (Å²) < 4.78 is 7.19. The van der Waals surface area contributed by atoms with Crippen molar-refractivity contribution < 1.29 is 14.3 Å². The number of fused-ring (bicyclic) bond motifs is 2. The lowest BCUT2D eigenvalue weighted by molar-refractivity contribution is -0.114. The van der Waals surface area contributed by atoms with Gasteiger partial charge in [-0.25, -0.2) is 14.8 Å². The lowest BCUT2D eigenvalue weighted by Crippen LogP contribution is -2.11. The number of anilines is 2. The second-order valence-corrected chi connectivity index (χ2v) is 8.03. The van der Waals surface area contributed by atoms with Crippen LogP contribution in [0, 0.1) is 5.92 Å². The van der Waals surface area contributed by atoms with Crippen LogP contribution in [0.1, 0.15) is 37.6 Å². The van der Waals surface area contributed by atoms with Gasteiger partial charge in [-0.3, -0.25) is 9.36 Å². The fourth-order valence-corrected chi connectivity index (χ4v) is 3.48. The summed E-state index contributed by atoms with van der Waals surface area (Å²) in [6, 6.07) is 14.6. The molecule has 4 aromatic rings. The number of nitrogens with one attached hydrogen (secondary N) is 1. The van der Waals surface area contributed by atoms with E-state index in [1.807, 2.05) is 24.3 Å². The maximum Gasteiger partial charge on any atom is 0.344 e. The molecule has 0 atom stereocenters. The maximum absolute atomic E-state index is 13.0. The highest BCUT2D eigenvalue weighted by Crippen LogP contribution is 2.32. The highest BCUT2D eigenvalue weighted by Gasteiger charge is 2.26. The average molecular weight is 431 g/mol. The molecule has 0 aliphatic heterocycles. The molecule has 2 aromatic heterocycles. The van der Waals surface area contributed by atoms with Gasteiger partial charge in [-0.15, -0.1) is 0 Å². The summed E-state index contributed by atoms with van der Waals surface area (Å²) in [6.45, 7) is 5.88. The molecule has 3 N–H and O–H groups in total. The van der Waals surface area contributed by atoms with Gasteiger partial charge in [0, 0.05) is 18.3 Å². The van der Waals surface area contributed by atoms with E-state index < -0.39 is 5.97 Å². The molecule has 0 spiro atoms. The van der Waals surface area contributed by atoms with Gasteiger partial charge in [-0.2, -0.15) is 0 Å². The van der Waals surface area contributed by atoms with Crippen LogP contribution >= 0.6 is 0 Å². The molecule has 0 fully saturated rings. The minimum atomic E-state index is -0.522. The summed E-state index contributed by atoms with van der Waals surface area (Å²) in [5.41, 5.74) is 10.2. The minimum Gasteiger partial charge on any atom is -0.462 e. The second-order valence-electron chi connectivity index (χ2n) is 8.03. The molecule has 0 aliphatic carbocycles. The Balaban J connectivity index is 1.86. The van der Waals surface area contributed by atoms with Gasteiger partial charge in [0.1, 0.15) is 16.9 Å². The number of carbonyl (C=O) groups is 2. The summed E-state index contributed by atoms with van der Waals surface area (Å²) >= 11 is 0. The molecule has 0 radical (unpaired) electrons. The van der Waals surface area contributed by atoms with Gasteiger partial charge >= 0.3 is 5.97 Å². The van der Waals surface area contributed by atoms with Gasteiger partial charge < -0.3 is 15.8 Å². The topological polar surface area (TPSA) is 112 Å². The molecular weight excluding hydrogens is 406 g/mol. The van der Waals surface area contributed by atoms with Gasteiger partial charge in [0.15, 0.2) is 5.65 Å². The van der Waals surface area contributed by atoms with Crippen LogP contribution in [-0.2, 0) is 9.53 Å². The first-order chi connectivity index (χ1) is 15.3. The minimum absolute atomic E-state index is 0.160. The summed E-state index contributed by atoms with van der Waals surface area (Å²) in [7, 11) is 0. The zero-order valence-corrected chi connectivity index (χ0v) is 18.3. The van der Waals surface area contributed by atoms with E-state index in [2.05, 4.69) is 24.1 Å². The van der Waals surface area contributed by atoms with Crippen molar-refractivity contribution >= 4 is 45.6 Å². The predicted molar refractivity (Wildman–Crippen MR) is 125 cm³/mol. The fourth-order valence-electron chi connectivity index (χ4n) is 3.48. The second kappa shape index (κ2) is 8.66. The van der Waals surface area contributed by atoms with Crippen molar-refractivity contribution in [2.24, 2.45) is 5.92 Å². The fraction of sp³-hybridized carbons (Fsp3) is 0.250. The number of hydrogen-bond donors (Lipinski definition) is 2. The molecule has 0 saturated heterocycles. The first-order valence-corrected chi connectivity index (χ1v) is 10.5. The van der Waals surface area contributed by atoms with Crippen LogP contribution in [0.5, 0.6) is 0 Å². The molecule has 8 nitrogen and oxygen atoms in total. The third-order valence-corrected chi connectivity index (χ3v) is 5.08. The molecule has 164 valence electrons. The van der Waals surface area contributed by atoms with E-state index in [9.17, 15) is 9.59 Å². The van der Waals surface area contributed by atoms with Crippen LogP contribution in [0.2, 0.25) is 0 Å². The van der Waals surface area contributed by atoms with Gasteiger partial charge in [-0.05, 0) is 48.7 Å². The normalized spacial score (nSPS) is 11.2. The number of rotatable bonds is 6. The number of nitrogen functional groups attached to an aromatic ring is 1. The van der Waals surface area contributed by atoms with E-state index in [1.165, 1.54) is 6.92 Å². The Morgan fingerprint density at radius 2 is 1.72 bits per heavy atom. The molecule has 32 heavy (non-hydrogen) atoms. The Labute approximate surface area is 185 Å². The van der Waals surface area contributed by atoms with Crippen LogP contribution in [0.25, 0.3) is 27.9 Å². The SMILES string of the molecule is CC(=O)Nc1ccc(-n2c(N)c(C(=O)OCCC(C)C)c3nc4ccccc4nc32)cc1. The Bertz CT molecular complexity index is 1310. The lowest BCUT2D eigenvalue weighted by Gasteiger charge is -2.10. The molecule has 0 saturated carbocycles. The van der Waals surface area contributed by atoms with Crippen LogP contribution in [0.4, 0.5) is 11.5 Å². The smallest absolute Gasteiger partial charge is 0.344 e. The molecule has 2 heterocycles. The maximum atomic E-state index is 13.0. The van der Waals surface area contributed by atoms with Crippen molar-refractivity contribution in [1.29, 1.82) is 0 Å². The average Bonchev–Trinajstić information content (AvgIpc) is 3.02. The predicted octanol–water partition coefficient (Wildman–Crippen LogP) is 4.32. The molecule has 0 bridgehead atoms. The van der Waals surface area contributed by atoms with E-state index in [-0.39, 0.29) is 17.3 Å². The van der Waals surface area contributed by atoms with Crippen LogP contribution in [0.3, 0.4) is 0 Å². The third-order valence-electron chi connectivity index (χ3n) is 5.08. The molecule has 4 rings (SSSR count). The van der Waals surface area contributed by atoms with E-state index in [0.717, 1.165) is 6.42 Å². The lowest BCUT2D eigenvalue weighted by atomic mass is 10.1. The van der Waals surface area contributed by atoms with Gasteiger partial charge in [0.05, 0.1) is 17.6 Å². The highest BCUT2D eigenvalue weighted by molar-refractivity contribution is 6.09. The summed E-state index contributed by atoms with van der Waals surface area (Å²) in [6.07, 6.45) is 0.753. The Kier molecular flexibility index (Phi) is 5.77. The largest absolute Gasteiger partial charge is 0.462 e. The Morgan fingerprint density at radius 1 is 1.06 bits per heavy atom. The number of aromatic nitrogens is 3. The standard InChI is InChI=1S/C24H25N5O3/c1-14(2)12-13-32-24(31)20-21-23(28-19-7-5-4-6-18(19)27-21)29(22(20)25)17-10-8-16(9-11-17)26-15(3)30/h4-11,14H,12-13,25H2,1-3H3,(H,26,30). The van der Waals surface area contributed by atoms with Crippen molar-refractivity contribution in [3.63, 3.8) is 0 Å². The summed E-state index contributed by atoms with van der Waals surface area (Å²) in [5, 5.41) is 2.73. The number of nitrogens with two attached hydrogens (primary N) is 1. The Hall–Kier alpha value is -3.94. The van der Waals surface area contributed by atoms with Gasteiger partial charge in [0.2, 0.25) is 5.91 Å². The number of nitrogens with zero attached hydrogens (tertiary/aromatic N) is 3. The monoisotopic (exact) mass is 431 g/mol. The van der Waals surface area contributed by atoms with Crippen molar-refractivity contribution in [2.75, 3.05) is 17.7 Å². The highest BCUT2D eigenvalue weighted by atomic mass is 16.5. The van der Waals surface area contributed by atoms with Crippen molar-refractivity contribution in [3.05, 3.63) is 54.1 Å². The molecule has 1 amide bonds.